The summed E-state index contributed by atoms with van der Waals surface area (Å²) in [6.45, 7) is 9.19. The van der Waals surface area contributed by atoms with Crippen molar-refractivity contribution >= 4 is 5.69 Å². The fraction of sp³-hybridized carbons (Fsp3) is 0.429. The topological polar surface area (TPSA) is 12.0 Å². The molecular weight excluding hydrogens is 182 g/mol. The van der Waals surface area contributed by atoms with Crippen LogP contribution in [0, 0.1) is 0 Å². The van der Waals surface area contributed by atoms with Gasteiger partial charge in [-0.2, -0.15) is 0 Å². The van der Waals surface area contributed by atoms with Crippen LogP contribution in [0.1, 0.15) is 32.3 Å². The van der Waals surface area contributed by atoms with E-state index in [0.717, 1.165) is 13.0 Å². The molecule has 0 heterocycles. The predicted octanol–water partition coefficient (Wildman–Crippen LogP) is 4.02. The molecule has 0 unspecified atom stereocenters. The van der Waals surface area contributed by atoms with Crippen molar-refractivity contribution in [1.29, 1.82) is 0 Å². The van der Waals surface area contributed by atoms with Crippen molar-refractivity contribution in [2.75, 3.05) is 11.9 Å². The molecule has 0 fully saturated rings. The zero-order valence-electron chi connectivity index (χ0n) is 9.84. The van der Waals surface area contributed by atoms with Crippen LogP contribution in [0.15, 0.2) is 36.4 Å². The molecule has 0 aliphatic carbocycles. The molecule has 0 aliphatic heterocycles. The largest absolute Gasteiger partial charge is 0.381 e. The van der Waals surface area contributed by atoms with E-state index in [1.54, 1.807) is 0 Å². The summed E-state index contributed by atoms with van der Waals surface area (Å²) in [5.41, 5.74) is 3.84. The zero-order valence-corrected chi connectivity index (χ0v) is 9.84. The van der Waals surface area contributed by atoms with E-state index in [0.29, 0.717) is 0 Å². The Morgan fingerprint density at radius 3 is 2.40 bits per heavy atom. The summed E-state index contributed by atoms with van der Waals surface area (Å²) in [6.07, 6.45) is 3.42. The minimum Gasteiger partial charge on any atom is -0.381 e. The SMILES string of the molecule is C=C(CC)CNc1ccc(CCC)cc1. The van der Waals surface area contributed by atoms with Gasteiger partial charge < -0.3 is 5.32 Å². The van der Waals surface area contributed by atoms with Gasteiger partial charge in [0.15, 0.2) is 0 Å². The molecule has 1 N–H and O–H groups in total. The predicted molar refractivity (Wildman–Crippen MR) is 68.4 cm³/mol. The molecule has 1 rings (SSSR count). The highest BCUT2D eigenvalue weighted by Gasteiger charge is 1.94. The fourth-order valence-electron chi connectivity index (χ4n) is 1.43. The monoisotopic (exact) mass is 203 g/mol. The quantitative estimate of drug-likeness (QED) is 0.689. The van der Waals surface area contributed by atoms with Crippen LogP contribution < -0.4 is 5.32 Å². The van der Waals surface area contributed by atoms with Gasteiger partial charge in [-0.05, 0) is 30.5 Å². The molecule has 0 saturated carbocycles. The Balaban J connectivity index is 2.45. The third kappa shape index (κ3) is 4.20. The van der Waals surface area contributed by atoms with Crippen LogP contribution in [0.4, 0.5) is 5.69 Å². The van der Waals surface area contributed by atoms with E-state index in [9.17, 15) is 0 Å². The Labute approximate surface area is 93.2 Å². The van der Waals surface area contributed by atoms with Crippen LogP contribution in [0.3, 0.4) is 0 Å². The Morgan fingerprint density at radius 2 is 1.87 bits per heavy atom. The molecule has 1 aromatic carbocycles. The molecule has 1 nitrogen and oxygen atoms in total. The molecule has 0 atom stereocenters. The summed E-state index contributed by atoms with van der Waals surface area (Å²) < 4.78 is 0. The molecule has 0 bridgehead atoms. The zero-order chi connectivity index (χ0) is 11.1. The van der Waals surface area contributed by atoms with Crippen molar-refractivity contribution in [3.63, 3.8) is 0 Å². The van der Waals surface area contributed by atoms with Gasteiger partial charge in [0.05, 0.1) is 0 Å². The second kappa shape index (κ2) is 6.28. The minimum absolute atomic E-state index is 0.879. The molecule has 0 saturated heterocycles. The number of anilines is 1. The summed E-state index contributed by atoms with van der Waals surface area (Å²) in [6, 6.07) is 8.68. The molecule has 0 amide bonds. The van der Waals surface area contributed by atoms with Gasteiger partial charge in [0.2, 0.25) is 0 Å². The maximum Gasteiger partial charge on any atom is 0.0357 e. The van der Waals surface area contributed by atoms with Gasteiger partial charge in [0, 0.05) is 12.2 Å². The average molecular weight is 203 g/mol. The molecule has 0 radical (unpaired) electrons. The molecule has 15 heavy (non-hydrogen) atoms. The van der Waals surface area contributed by atoms with Crippen molar-refractivity contribution in [1.82, 2.24) is 0 Å². The van der Waals surface area contributed by atoms with Gasteiger partial charge in [-0.1, -0.05) is 44.6 Å². The van der Waals surface area contributed by atoms with Crippen LogP contribution in [-0.4, -0.2) is 6.54 Å². The Hall–Kier alpha value is -1.24. The van der Waals surface area contributed by atoms with E-state index in [2.05, 4.69) is 50.0 Å². The highest BCUT2D eigenvalue weighted by molar-refractivity contribution is 5.45. The lowest BCUT2D eigenvalue weighted by Crippen LogP contribution is -2.03. The average Bonchev–Trinajstić information content (AvgIpc) is 2.28. The highest BCUT2D eigenvalue weighted by atomic mass is 14.9. The van der Waals surface area contributed by atoms with Gasteiger partial charge in [0.25, 0.3) is 0 Å². The first-order chi connectivity index (χ1) is 7.26. The van der Waals surface area contributed by atoms with Crippen LogP contribution in [0.25, 0.3) is 0 Å². The van der Waals surface area contributed by atoms with E-state index in [4.69, 9.17) is 0 Å². The molecule has 0 aromatic heterocycles. The molecule has 1 heteroatoms. The van der Waals surface area contributed by atoms with Gasteiger partial charge in [-0.3, -0.25) is 0 Å². The summed E-state index contributed by atoms with van der Waals surface area (Å²) >= 11 is 0. The Kier molecular flexibility index (Phi) is 4.96. The minimum atomic E-state index is 0.879. The van der Waals surface area contributed by atoms with Crippen molar-refractivity contribution in [3.05, 3.63) is 42.0 Å². The first-order valence-corrected chi connectivity index (χ1v) is 5.75. The maximum atomic E-state index is 3.97. The second-order valence-electron chi connectivity index (χ2n) is 3.90. The Morgan fingerprint density at radius 1 is 1.20 bits per heavy atom. The number of nitrogens with one attached hydrogen (secondary N) is 1. The van der Waals surface area contributed by atoms with Gasteiger partial charge >= 0.3 is 0 Å². The van der Waals surface area contributed by atoms with Gasteiger partial charge in [-0.15, -0.1) is 0 Å². The van der Waals surface area contributed by atoms with E-state index in [-0.39, 0.29) is 0 Å². The summed E-state index contributed by atoms with van der Waals surface area (Å²) in [5, 5.41) is 3.37. The van der Waals surface area contributed by atoms with Crippen LogP contribution in [-0.2, 0) is 6.42 Å². The van der Waals surface area contributed by atoms with Crippen molar-refractivity contribution in [2.45, 2.75) is 33.1 Å². The third-order valence-electron chi connectivity index (χ3n) is 2.54. The van der Waals surface area contributed by atoms with Crippen LogP contribution in [0.2, 0.25) is 0 Å². The Bertz CT molecular complexity index is 298. The number of hydrogen-bond donors (Lipinski definition) is 1. The first-order valence-electron chi connectivity index (χ1n) is 5.75. The van der Waals surface area contributed by atoms with E-state index < -0.39 is 0 Å². The smallest absolute Gasteiger partial charge is 0.0357 e. The van der Waals surface area contributed by atoms with E-state index in [1.165, 1.54) is 29.7 Å². The van der Waals surface area contributed by atoms with E-state index >= 15 is 0 Å². The number of benzene rings is 1. The number of rotatable bonds is 6. The van der Waals surface area contributed by atoms with Crippen molar-refractivity contribution < 1.29 is 0 Å². The number of aryl methyl sites for hydroxylation is 1. The summed E-state index contributed by atoms with van der Waals surface area (Å²) in [4.78, 5) is 0. The highest BCUT2D eigenvalue weighted by Crippen LogP contribution is 2.11. The molecule has 0 aliphatic rings. The lowest BCUT2D eigenvalue weighted by atomic mass is 10.1. The molecule has 82 valence electrons. The lowest BCUT2D eigenvalue weighted by molar-refractivity contribution is 0.922. The third-order valence-corrected chi connectivity index (χ3v) is 2.54. The standard InChI is InChI=1S/C14H21N/c1-4-6-13-7-9-14(10-8-13)15-11-12(3)5-2/h7-10,15H,3-6,11H2,1-2H3. The van der Waals surface area contributed by atoms with Gasteiger partial charge in [0.1, 0.15) is 0 Å². The second-order valence-corrected chi connectivity index (χ2v) is 3.90. The molecular formula is C14H21N. The van der Waals surface area contributed by atoms with Crippen molar-refractivity contribution in [2.24, 2.45) is 0 Å². The molecule has 0 spiro atoms. The lowest BCUT2D eigenvalue weighted by Gasteiger charge is -2.08. The fourth-order valence-corrected chi connectivity index (χ4v) is 1.43. The molecule has 1 aromatic rings. The van der Waals surface area contributed by atoms with Crippen molar-refractivity contribution in [3.8, 4) is 0 Å². The maximum absolute atomic E-state index is 3.97. The van der Waals surface area contributed by atoms with Crippen LogP contribution >= 0.6 is 0 Å². The van der Waals surface area contributed by atoms with E-state index in [1.807, 2.05) is 0 Å². The summed E-state index contributed by atoms with van der Waals surface area (Å²) in [5.74, 6) is 0. The van der Waals surface area contributed by atoms with Crippen LogP contribution in [0.5, 0.6) is 0 Å². The number of hydrogen-bond acceptors (Lipinski definition) is 1. The summed E-state index contributed by atoms with van der Waals surface area (Å²) in [7, 11) is 0. The normalized spacial score (nSPS) is 10.0. The first kappa shape index (κ1) is 11.8. The van der Waals surface area contributed by atoms with Gasteiger partial charge in [-0.25, -0.2) is 0 Å².